The quantitative estimate of drug-likeness (QED) is 0.415. The average Bonchev–Trinajstić information content (AvgIpc) is 2.73. The predicted molar refractivity (Wildman–Crippen MR) is 119 cm³/mol. The van der Waals surface area contributed by atoms with Crippen LogP contribution in [0.1, 0.15) is 54.8 Å². The molecule has 4 nitrogen and oxygen atoms in total. The van der Waals surface area contributed by atoms with E-state index in [1.807, 2.05) is 60.7 Å². The molecule has 0 aliphatic rings. The molecule has 0 amide bonds. The Morgan fingerprint density at radius 2 is 1.00 bits per heavy atom. The zero-order valence-corrected chi connectivity index (χ0v) is 18.0. The van der Waals surface area contributed by atoms with Crippen LogP contribution in [0.4, 0.5) is 0 Å². The van der Waals surface area contributed by atoms with Crippen molar-refractivity contribution < 1.29 is 9.59 Å². The summed E-state index contributed by atoms with van der Waals surface area (Å²) in [6.07, 6.45) is 0.844. The second-order valence-electron chi connectivity index (χ2n) is 8.17. The van der Waals surface area contributed by atoms with Gasteiger partial charge in [-0.2, -0.15) is 0 Å². The van der Waals surface area contributed by atoms with Crippen LogP contribution in [0.2, 0.25) is 0 Å². The van der Waals surface area contributed by atoms with Gasteiger partial charge in [-0.15, -0.1) is 0 Å². The van der Waals surface area contributed by atoms with Gasteiger partial charge in [0, 0.05) is 11.1 Å². The lowest BCUT2D eigenvalue weighted by Crippen LogP contribution is -2.44. The first kappa shape index (κ1) is 23.0. The number of hydrogen-bond acceptors (Lipinski definition) is 4. The average molecular weight is 395 g/mol. The van der Waals surface area contributed by atoms with Crippen molar-refractivity contribution in [1.29, 1.82) is 0 Å². The standard InChI is InChI=1S/C25H34N2O2/c1-18(2)22(24(28)20-12-7-5-8-13-20)26-16-11-17-27-23(19(3)4)25(29)21-14-9-6-10-15-21/h5-10,12-15,18-19,22-23,26-27H,11,16-17H2,1-4H3. The van der Waals surface area contributed by atoms with E-state index in [0.29, 0.717) is 0 Å². The normalized spacial score (nSPS) is 13.4. The minimum absolute atomic E-state index is 0.132. The highest BCUT2D eigenvalue weighted by Crippen LogP contribution is 2.12. The van der Waals surface area contributed by atoms with Gasteiger partial charge >= 0.3 is 0 Å². The van der Waals surface area contributed by atoms with Crippen LogP contribution in [0, 0.1) is 11.8 Å². The number of nitrogens with one attached hydrogen (secondary N) is 2. The summed E-state index contributed by atoms with van der Waals surface area (Å²) < 4.78 is 0. The van der Waals surface area contributed by atoms with Crippen LogP contribution in [0.5, 0.6) is 0 Å². The molecule has 4 heteroatoms. The van der Waals surface area contributed by atoms with Gasteiger partial charge in [-0.1, -0.05) is 88.4 Å². The SMILES string of the molecule is CC(C)C(NCCCNC(C(=O)c1ccccc1)C(C)C)C(=O)c1ccccc1. The van der Waals surface area contributed by atoms with E-state index < -0.39 is 0 Å². The number of carbonyl (C=O) groups excluding carboxylic acids is 2. The Morgan fingerprint density at radius 3 is 1.31 bits per heavy atom. The summed E-state index contributed by atoms with van der Waals surface area (Å²) in [5.41, 5.74) is 1.48. The zero-order valence-electron chi connectivity index (χ0n) is 18.0. The lowest BCUT2D eigenvalue weighted by Gasteiger charge is -2.23. The second-order valence-corrected chi connectivity index (χ2v) is 8.17. The molecule has 0 saturated heterocycles. The van der Waals surface area contributed by atoms with Crippen LogP contribution in [-0.2, 0) is 0 Å². The first-order valence-electron chi connectivity index (χ1n) is 10.6. The summed E-state index contributed by atoms with van der Waals surface area (Å²) in [5, 5.41) is 6.81. The summed E-state index contributed by atoms with van der Waals surface area (Å²) >= 11 is 0. The van der Waals surface area contributed by atoms with E-state index in [1.54, 1.807) is 0 Å². The predicted octanol–water partition coefficient (Wildman–Crippen LogP) is 4.37. The topological polar surface area (TPSA) is 58.2 Å². The second kappa shape index (κ2) is 11.6. The maximum Gasteiger partial charge on any atom is 0.179 e. The molecule has 29 heavy (non-hydrogen) atoms. The maximum atomic E-state index is 12.8. The van der Waals surface area contributed by atoms with E-state index in [4.69, 9.17) is 0 Å². The van der Waals surface area contributed by atoms with Crippen LogP contribution in [-0.4, -0.2) is 36.7 Å². The summed E-state index contributed by atoms with van der Waals surface area (Å²) in [6.45, 7) is 9.68. The molecule has 0 aliphatic heterocycles. The minimum Gasteiger partial charge on any atom is -0.307 e. The Hall–Kier alpha value is -2.30. The lowest BCUT2D eigenvalue weighted by atomic mass is 9.94. The molecule has 0 saturated carbocycles. The fourth-order valence-corrected chi connectivity index (χ4v) is 3.43. The molecule has 0 spiro atoms. The largest absolute Gasteiger partial charge is 0.307 e. The third-order valence-electron chi connectivity index (χ3n) is 5.10. The van der Waals surface area contributed by atoms with E-state index >= 15 is 0 Å². The van der Waals surface area contributed by atoms with Crippen molar-refractivity contribution in [3.63, 3.8) is 0 Å². The molecule has 0 radical (unpaired) electrons. The molecule has 156 valence electrons. The van der Waals surface area contributed by atoms with Gasteiger partial charge in [0.2, 0.25) is 0 Å². The van der Waals surface area contributed by atoms with Crippen LogP contribution in [0.3, 0.4) is 0 Å². The molecule has 2 aromatic carbocycles. The van der Waals surface area contributed by atoms with E-state index in [0.717, 1.165) is 30.6 Å². The van der Waals surface area contributed by atoms with Gasteiger partial charge in [0.25, 0.3) is 0 Å². The summed E-state index contributed by atoms with van der Waals surface area (Å²) in [6, 6.07) is 18.5. The Morgan fingerprint density at radius 1 is 0.655 bits per heavy atom. The van der Waals surface area contributed by atoms with Crippen molar-refractivity contribution in [3.8, 4) is 0 Å². The molecule has 0 bridgehead atoms. The molecule has 0 aliphatic carbocycles. The van der Waals surface area contributed by atoms with Crippen molar-refractivity contribution in [2.75, 3.05) is 13.1 Å². The third-order valence-corrected chi connectivity index (χ3v) is 5.10. The Bertz CT molecular complexity index is 691. The van der Waals surface area contributed by atoms with Gasteiger partial charge in [0.05, 0.1) is 12.1 Å². The van der Waals surface area contributed by atoms with Gasteiger partial charge < -0.3 is 10.6 Å². The summed E-state index contributed by atoms with van der Waals surface area (Å²) in [7, 11) is 0. The molecule has 2 aromatic rings. The van der Waals surface area contributed by atoms with Crippen molar-refractivity contribution in [1.82, 2.24) is 10.6 Å². The monoisotopic (exact) mass is 394 g/mol. The smallest absolute Gasteiger partial charge is 0.179 e. The van der Waals surface area contributed by atoms with Gasteiger partial charge in [-0.3, -0.25) is 9.59 Å². The van der Waals surface area contributed by atoms with Gasteiger partial charge in [0.15, 0.2) is 11.6 Å². The van der Waals surface area contributed by atoms with Gasteiger partial charge in [-0.05, 0) is 31.3 Å². The first-order chi connectivity index (χ1) is 13.9. The molecular weight excluding hydrogens is 360 g/mol. The van der Waals surface area contributed by atoms with Crippen molar-refractivity contribution in [2.24, 2.45) is 11.8 Å². The molecule has 2 unspecified atom stereocenters. The third kappa shape index (κ3) is 6.91. The molecule has 0 heterocycles. The van der Waals surface area contributed by atoms with E-state index in [9.17, 15) is 9.59 Å². The highest BCUT2D eigenvalue weighted by molar-refractivity contribution is 6.00. The van der Waals surface area contributed by atoms with Crippen molar-refractivity contribution in [2.45, 2.75) is 46.2 Å². The van der Waals surface area contributed by atoms with Gasteiger partial charge in [0.1, 0.15) is 0 Å². The van der Waals surface area contributed by atoms with E-state index in [1.165, 1.54) is 0 Å². The highest BCUT2D eigenvalue weighted by Gasteiger charge is 2.24. The molecule has 0 fully saturated rings. The van der Waals surface area contributed by atoms with Crippen LogP contribution < -0.4 is 10.6 Å². The number of rotatable bonds is 12. The van der Waals surface area contributed by atoms with E-state index in [-0.39, 0.29) is 35.5 Å². The molecule has 2 rings (SSSR count). The fourth-order valence-electron chi connectivity index (χ4n) is 3.43. The number of ketones is 2. The van der Waals surface area contributed by atoms with Gasteiger partial charge in [-0.25, -0.2) is 0 Å². The first-order valence-corrected chi connectivity index (χ1v) is 10.6. The molecule has 2 N–H and O–H groups in total. The van der Waals surface area contributed by atoms with E-state index in [2.05, 4.69) is 38.3 Å². The minimum atomic E-state index is -0.204. The maximum absolute atomic E-state index is 12.8. The summed E-state index contributed by atoms with van der Waals surface area (Å²) in [4.78, 5) is 25.5. The number of hydrogen-bond donors (Lipinski definition) is 2. The summed E-state index contributed by atoms with van der Waals surface area (Å²) in [5.74, 6) is 0.679. The number of Topliss-reactive ketones (excluding diaryl/α,β-unsaturated/α-hetero) is 2. The Labute approximate surface area is 175 Å². The molecule has 2 atom stereocenters. The fraction of sp³-hybridized carbons (Fsp3) is 0.440. The van der Waals surface area contributed by atoms with Crippen molar-refractivity contribution in [3.05, 3.63) is 71.8 Å². The highest BCUT2D eigenvalue weighted by atomic mass is 16.1. The van der Waals surface area contributed by atoms with Crippen LogP contribution in [0.15, 0.2) is 60.7 Å². The number of benzene rings is 2. The Kier molecular flexibility index (Phi) is 9.23. The van der Waals surface area contributed by atoms with Crippen LogP contribution in [0.25, 0.3) is 0 Å². The molecular formula is C25H34N2O2. The molecule has 0 aromatic heterocycles. The Balaban J connectivity index is 1.84. The zero-order chi connectivity index (χ0) is 21.2. The van der Waals surface area contributed by atoms with Crippen molar-refractivity contribution >= 4 is 11.6 Å². The lowest BCUT2D eigenvalue weighted by molar-refractivity contribution is 0.0914. The van der Waals surface area contributed by atoms with Crippen LogP contribution >= 0.6 is 0 Å². The number of carbonyl (C=O) groups is 2.